The third-order valence-corrected chi connectivity index (χ3v) is 4.30. The van der Waals surface area contributed by atoms with Gasteiger partial charge in [0.1, 0.15) is 0 Å². The number of benzene rings is 2. The summed E-state index contributed by atoms with van der Waals surface area (Å²) >= 11 is 0. The average molecular weight is 350 g/mol. The van der Waals surface area contributed by atoms with Crippen molar-refractivity contribution in [2.24, 2.45) is 0 Å². The first-order valence-electron chi connectivity index (χ1n) is 8.68. The Hall–Kier alpha value is -2.99. The van der Waals surface area contributed by atoms with Gasteiger partial charge in [0, 0.05) is 24.9 Å². The molecule has 0 radical (unpaired) electrons. The van der Waals surface area contributed by atoms with E-state index in [4.69, 9.17) is 0 Å². The minimum absolute atomic E-state index is 0.125. The lowest BCUT2D eigenvalue weighted by atomic mass is 10.1. The SMILES string of the molecule is Cc1nn(-c2ccccc2)cc1CCCNCc1ccc([N+](=O)[O-])cc1. The standard InChI is InChI=1S/C20H22N4O2/c1-16-18(15-23(22-16)19-7-3-2-4-8-19)6-5-13-21-14-17-9-11-20(12-10-17)24(25)26/h2-4,7-12,15,21H,5-6,13-14H2,1H3. The molecule has 0 fully saturated rings. The Balaban J connectivity index is 1.45. The smallest absolute Gasteiger partial charge is 0.269 e. The number of para-hydroxylation sites is 1. The molecule has 1 aromatic heterocycles. The molecule has 0 saturated carbocycles. The molecule has 0 aliphatic rings. The highest BCUT2D eigenvalue weighted by Gasteiger charge is 2.06. The molecular weight excluding hydrogens is 328 g/mol. The van der Waals surface area contributed by atoms with Crippen LogP contribution in [0.5, 0.6) is 0 Å². The predicted octanol–water partition coefficient (Wildman–Crippen LogP) is 3.81. The molecule has 0 aliphatic heterocycles. The van der Waals surface area contributed by atoms with Crippen molar-refractivity contribution in [1.29, 1.82) is 0 Å². The van der Waals surface area contributed by atoms with Crippen molar-refractivity contribution in [1.82, 2.24) is 15.1 Å². The molecule has 3 aromatic rings. The van der Waals surface area contributed by atoms with E-state index in [-0.39, 0.29) is 10.6 Å². The Bertz CT molecular complexity index is 857. The molecule has 0 atom stereocenters. The van der Waals surface area contributed by atoms with Crippen LogP contribution in [0.2, 0.25) is 0 Å². The average Bonchev–Trinajstić information content (AvgIpc) is 3.03. The van der Waals surface area contributed by atoms with Crippen LogP contribution in [0.1, 0.15) is 23.2 Å². The molecule has 0 aliphatic carbocycles. The van der Waals surface area contributed by atoms with Gasteiger partial charge in [0.2, 0.25) is 0 Å². The van der Waals surface area contributed by atoms with Crippen LogP contribution in [0.3, 0.4) is 0 Å². The summed E-state index contributed by atoms with van der Waals surface area (Å²) in [6.45, 7) is 3.63. The Morgan fingerprint density at radius 3 is 2.54 bits per heavy atom. The van der Waals surface area contributed by atoms with E-state index in [1.807, 2.05) is 41.9 Å². The minimum atomic E-state index is -0.380. The summed E-state index contributed by atoms with van der Waals surface area (Å²) in [6, 6.07) is 16.8. The molecule has 0 bridgehead atoms. The number of hydrogen-bond donors (Lipinski definition) is 1. The maximum absolute atomic E-state index is 10.6. The minimum Gasteiger partial charge on any atom is -0.313 e. The Kier molecular flexibility index (Phi) is 5.76. The fourth-order valence-corrected chi connectivity index (χ4v) is 2.83. The van der Waals surface area contributed by atoms with Crippen LogP contribution in [0.15, 0.2) is 60.8 Å². The molecule has 26 heavy (non-hydrogen) atoms. The molecule has 0 unspecified atom stereocenters. The normalized spacial score (nSPS) is 10.8. The molecule has 6 nitrogen and oxygen atoms in total. The third-order valence-electron chi connectivity index (χ3n) is 4.30. The van der Waals surface area contributed by atoms with E-state index in [1.54, 1.807) is 24.3 Å². The van der Waals surface area contributed by atoms with Crippen LogP contribution in [0, 0.1) is 17.0 Å². The lowest BCUT2D eigenvalue weighted by molar-refractivity contribution is -0.384. The van der Waals surface area contributed by atoms with Gasteiger partial charge in [-0.3, -0.25) is 10.1 Å². The van der Waals surface area contributed by atoms with Crippen LogP contribution in [-0.2, 0) is 13.0 Å². The van der Waals surface area contributed by atoms with Crippen molar-refractivity contribution in [3.05, 3.63) is 87.7 Å². The predicted molar refractivity (Wildman–Crippen MR) is 101 cm³/mol. The Morgan fingerprint density at radius 1 is 1.12 bits per heavy atom. The molecule has 3 rings (SSSR count). The largest absolute Gasteiger partial charge is 0.313 e. The monoisotopic (exact) mass is 350 g/mol. The van der Waals surface area contributed by atoms with Gasteiger partial charge in [0.25, 0.3) is 5.69 Å². The van der Waals surface area contributed by atoms with Crippen molar-refractivity contribution in [3.8, 4) is 5.69 Å². The number of nitrogens with zero attached hydrogens (tertiary/aromatic N) is 3. The first-order valence-corrected chi connectivity index (χ1v) is 8.68. The summed E-state index contributed by atoms with van der Waals surface area (Å²) in [5, 5.41) is 18.6. The summed E-state index contributed by atoms with van der Waals surface area (Å²) in [6.07, 6.45) is 4.07. The van der Waals surface area contributed by atoms with E-state index in [2.05, 4.69) is 16.6 Å². The number of nitro groups is 1. The van der Waals surface area contributed by atoms with Gasteiger partial charge in [-0.1, -0.05) is 30.3 Å². The lowest BCUT2D eigenvalue weighted by Gasteiger charge is -2.04. The van der Waals surface area contributed by atoms with Gasteiger partial charge in [-0.05, 0) is 49.6 Å². The summed E-state index contributed by atoms with van der Waals surface area (Å²) in [5.41, 5.74) is 4.55. The van der Waals surface area contributed by atoms with E-state index in [1.165, 1.54) is 5.56 Å². The molecule has 0 amide bonds. The van der Waals surface area contributed by atoms with E-state index in [0.29, 0.717) is 6.54 Å². The van der Waals surface area contributed by atoms with Crippen LogP contribution >= 0.6 is 0 Å². The van der Waals surface area contributed by atoms with E-state index in [0.717, 1.165) is 36.3 Å². The fourth-order valence-electron chi connectivity index (χ4n) is 2.83. The van der Waals surface area contributed by atoms with Crippen molar-refractivity contribution >= 4 is 5.69 Å². The quantitative estimate of drug-likeness (QED) is 0.381. The number of nitrogens with one attached hydrogen (secondary N) is 1. The number of aromatic nitrogens is 2. The second-order valence-corrected chi connectivity index (χ2v) is 6.22. The zero-order chi connectivity index (χ0) is 18.4. The first-order chi connectivity index (χ1) is 12.6. The van der Waals surface area contributed by atoms with Gasteiger partial charge in [0.05, 0.1) is 16.3 Å². The van der Waals surface area contributed by atoms with Crippen molar-refractivity contribution in [2.45, 2.75) is 26.3 Å². The summed E-state index contributed by atoms with van der Waals surface area (Å²) in [4.78, 5) is 10.3. The van der Waals surface area contributed by atoms with Crippen molar-refractivity contribution in [2.75, 3.05) is 6.54 Å². The molecule has 0 saturated heterocycles. The van der Waals surface area contributed by atoms with E-state index >= 15 is 0 Å². The van der Waals surface area contributed by atoms with Crippen LogP contribution in [0.4, 0.5) is 5.69 Å². The summed E-state index contributed by atoms with van der Waals surface area (Å²) in [5.74, 6) is 0. The molecule has 6 heteroatoms. The van der Waals surface area contributed by atoms with Gasteiger partial charge in [-0.2, -0.15) is 5.10 Å². The molecule has 2 aromatic carbocycles. The van der Waals surface area contributed by atoms with Crippen molar-refractivity contribution in [3.63, 3.8) is 0 Å². The highest BCUT2D eigenvalue weighted by atomic mass is 16.6. The maximum atomic E-state index is 10.6. The van der Waals surface area contributed by atoms with Gasteiger partial charge in [-0.15, -0.1) is 0 Å². The highest BCUT2D eigenvalue weighted by molar-refractivity contribution is 5.33. The number of aryl methyl sites for hydroxylation is 2. The van der Waals surface area contributed by atoms with Crippen molar-refractivity contribution < 1.29 is 4.92 Å². The zero-order valence-corrected chi connectivity index (χ0v) is 14.8. The number of nitro benzene ring substituents is 1. The number of hydrogen-bond acceptors (Lipinski definition) is 4. The third kappa shape index (κ3) is 4.55. The van der Waals surface area contributed by atoms with Crippen LogP contribution < -0.4 is 5.32 Å². The summed E-state index contributed by atoms with van der Waals surface area (Å²) < 4.78 is 1.93. The lowest BCUT2D eigenvalue weighted by Crippen LogP contribution is -2.15. The second kappa shape index (κ2) is 8.40. The second-order valence-electron chi connectivity index (χ2n) is 6.22. The first kappa shape index (κ1) is 17.8. The van der Waals surface area contributed by atoms with E-state index in [9.17, 15) is 10.1 Å². The van der Waals surface area contributed by atoms with Gasteiger partial charge in [0.15, 0.2) is 0 Å². The number of non-ortho nitro benzene ring substituents is 1. The van der Waals surface area contributed by atoms with E-state index < -0.39 is 0 Å². The van der Waals surface area contributed by atoms with Crippen LogP contribution in [0.25, 0.3) is 5.69 Å². The topological polar surface area (TPSA) is 73.0 Å². The van der Waals surface area contributed by atoms with Gasteiger partial charge >= 0.3 is 0 Å². The molecule has 0 spiro atoms. The zero-order valence-electron chi connectivity index (χ0n) is 14.8. The van der Waals surface area contributed by atoms with Gasteiger partial charge < -0.3 is 5.32 Å². The maximum Gasteiger partial charge on any atom is 0.269 e. The Labute approximate surface area is 152 Å². The molecule has 1 N–H and O–H groups in total. The Morgan fingerprint density at radius 2 is 1.85 bits per heavy atom. The number of rotatable bonds is 8. The molecular formula is C20H22N4O2. The molecule has 1 heterocycles. The molecule has 134 valence electrons. The van der Waals surface area contributed by atoms with Crippen LogP contribution in [-0.4, -0.2) is 21.2 Å². The van der Waals surface area contributed by atoms with Gasteiger partial charge in [-0.25, -0.2) is 4.68 Å². The fraction of sp³-hybridized carbons (Fsp3) is 0.250. The highest BCUT2D eigenvalue weighted by Crippen LogP contribution is 2.14. The summed E-state index contributed by atoms with van der Waals surface area (Å²) in [7, 11) is 0.